The van der Waals surface area contributed by atoms with E-state index in [2.05, 4.69) is 32.7 Å². The summed E-state index contributed by atoms with van der Waals surface area (Å²) in [5, 5.41) is 16.0. The Morgan fingerprint density at radius 3 is 2.84 bits per heavy atom. The third kappa shape index (κ3) is 2.57. The molecule has 0 atom stereocenters. The summed E-state index contributed by atoms with van der Waals surface area (Å²) >= 11 is 0. The molecule has 2 heterocycles. The monoisotopic (exact) mass is 252 g/mol. The van der Waals surface area contributed by atoms with Gasteiger partial charge in [-0.05, 0) is 24.6 Å². The first-order valence-corrected chi connectivity index (χ1v) is 5.84. The molecule has 0 saturated heterocycles. The minimum absolute atomic E-state index is 0.635. The van der Waals surface area contributed by atoms with Gasteiger partial charge in [0.2, 0.25) is 0 Å². The predicted molar refractivity (Wildman–Crippen MR) is 73.2 cm³/mol. The molecule has 0 spiro atoms. The highest BCUT2D eigenvalue weighted by Crippen LogP contribution is 2.04. The van der Waals surface area contributed by atoms with Crippen LogP contribution in [0.1, 0.15) is 11.1 Å². The van der Waals surface area contributed by atoms with Gasteiger partial charge in [0.15, 0.2) is 11.5 Å². The van der Waals surface area contributed by atoms with E-state index in [1.54, 1.807) is 23.1 Å². The fourth-order valence-corrected chi connectivity index (χ4v) is 1.61. The van der Waals surface area contributed by atoms with E-state index in [-0.39, 0.29) is 0 Å². The minimum atomic E-state index is 0.635. The molecular weight excluding hydrogens is 240 g/mol. The molecule has 19 heavy (non-hydrogen) atoms. The zero-order valence-corrected chi connectivity index (χ0v) is 10.4. The number of hydrogen-bond donors (Lipinski definition) is 1. The number of hydrogen-bond acceptors (Lipinski definition) is 5. The fraction of sp³-hybridized carbons (Fsp3) is 0.0769. The van der Waals surface area contributed by atoms with Crippen LogP contribution in [0.15, 0.2) is 47.8 Å². The molecule has 1 aromatic carbocycles. The van der Waals surface area contributed by atoms with Crippen LogP contribution in [-0.4, -0.2) is 26.0 Å². The Morgan fingerprint density at radius 1 is 1.16 bits per heavy atom. The van der Waals surface area contributed by atoms with Gasteiger partial charge in [-0.3, -0.25) is 5.43 Å². The molecule has 0 saturated carbocycles. The van der Waals surface area contributed by atoms with Crippen molar-refractivity contribution in [3.63, 3.8) is 0 Å². The quantitative estimate of drug-likeness (QED) is 0.571. The highest BCUT2D eigenvalue weighted by molar-refractivity contribution is 5.80. The van der Waals surface area contributed by atoms with Crippen molar-refractivity contribution in [3.05, 3.63) is 53.9 Å². The number of benzene rings is 1. The normalized spacial score (nSPS) is 11.2. The molecule has 6 nitrogen and oxygen atoms in total. The number of aryl methyl sites for hydroxylation is 1. The molecular formula is C13H12N6. The van der Waals surface area contributed by atoms with E-state index in [1.165, 1.54) is 5.56 Å². The number of hydrazone groups is 1. The molecule has 0 radical (unpaired) electrons. The SMILES string of the molecule is Cc1ccc(/C=N/Nc2ccc3nncn3n2)cc1. The standard InChI is InChI=1S/C13H12N6/c1-10-2-4-11(5-3-10)8-14-16-12-6-7-13-17-15-9-19(13)18-12/h2-9H,1H3,(H,16,18)/b14-8+. The number of fused-ring (bicyclic) bond motifs is 1. The number of nitrogens with zero attached hydrogens (tertiary/aromatic N) is 5. The van der Waals surface area contributed by atoms with E-state index in [1.807, 2.05) is 30.3 Å². The summed E-state index contributed by atoms with van der Waals surface area (Å²) < 4.78 is 1.59. The average Bonchev–Trinajstić information content (AvgIpc) is 2.88. The summed E-state index contributed by atoms with van der Waals surface area (Å²) in [4.78, 5) is 0. The van der Waals surface area contributed by atoms with Gasteiger partial charge in [-0.1, -0.05) is 29.8 Å². The van der Waals surface area contributed by atoms with Gasteiger partial charge in [-0.2, -0.15) is 9.62 Å². The van der Waals surface area contributed by atoms with Crippen molar-refractivity contribution < 1.29 is 0 Å². The van der Waals surface area contributed by atoms with E-state index in [0.717, 1.165) is 5.56 Å². The zero-order valence-electron chi connectivity index (χ0n) is 10.4. The van der Waals surface area contributed by atoms with Crippen molar-refractivity contribution in [2.75, 3.05) is 5.43 Å². The smallest absolute Gasteiger partial charge is 0.177 e. The summed E-state index contributed by atoms with van der Waals surface area (Å²) in [5.41, 5.74) is 5.83. The second-order valence-electron chi connectivity index (χ2n) is 4.13. The zero-order chi connectivity index (χ0) is 13.1. The Hall–Kier alpha value is -2.76. The van der Waals surface area contributed by atoms with Gasteiger partial charge in [0, 0.05) is 0 Å². The number of rotatable bonds is 3. The van der Waals surface area contributed by atoms with E-state index in [9.17, 15) is 0 Å². The van der Waals surface area contributed by atoms with Gasteiger partial charge in [-0.15, -0.1) is 15.3 Å². The summed E-state index contributed by atoms with van der Waals surface area (Å²) in [5.74, 6) is 0.635. The largest absolute Gasteiger partial charge is 0.260 e. The Bertz CT molecular complexity index is 713. The molecule has 2 aromatic heterocycles. The Morgan fingerprint density at radius 2 is 2.00 bits per heavy atom. The van der Waals surface area contributed by atoms with Crippen LogP contribution < -0.4 is 5.43 Å². The second kappa shape index (κ2) is 4.85. The maximum Gasteiger partial charge on any atom is 0.177 e. The summed E-state index contributed by atoms with van der Waals surface area (Å²) in [6.07, 6.45) is 3.29. The molecule has 3 rings (SSSR count). The van der Waals surface area contributed by atoms with Crippen LogP contribution in [0.5, 0.6) is 0 Å². The molecule has 0 bridgehead atoms. The lowest BCUT2D eigenvalue weighted by Crippen LogP contribution is -1.98. The van der Waals surface area contributed by atoms with E-state index >= 15 is 0 Å². The van der Waals surface area contributed by atoms with Gasteiger partial charge < -0.3 is 0 Å². The van der Waals surface area contributed by atoms with Gasteiger partial charge in [0.1, 0.15) is 6.33 Å². The van der Waals surface area contributed by atoms with Crippen LogP contribution in [0.2, 0.25) is 0 Å². The Balaban J connectivity index is 1.72. The van der Waals surface area contributed by atoms with E-state index in [4.69, 9.17) is 0 Å². The summed E-state index contributed by atoms with van der Waals surface area (Å²) in [6, 6.07) is 11.7. The molecule has 0 aliphatic carbocycles. The first kappa shape index (κ1) is 11.3. The maximum absolute atomic E-state index is 4.25. The van der Waals surface area contributed by atoms with Crippen LogP contribution >= 0.6 is 0 Å². The van der Waals surface area contributed by atoms with Gasteiger partial charge >= 0.3 is 0 Å². The van der Waals surface area contributed by atoms with Gasteiger partial charge in [0.25, 0.3) is 0 Å². The highest BCUT2D eigenvalue weighted by atomic mass is 15.4. The third-order valence-corrected chi connectivity index (χ3v) is 2.63. The molecule has 3 aromatic rings. The van der Waals surface area contributed by atoms with Crippen LogP contribution in [0, 0.1) is 6.92 Å². The molecule has 0 amide bonds. The Kier molecular flexibility index (Phi) is 2.89. The summed E-state index contributed by atoms with van der Waals surface area (Å²) in [7, 11) is 0. The lowest BCUT2D eigenvalue weighted by Gasteiger charge is -1.99. The molecule has 0 aliphatic heterocycles. The van der Waals surface area contributed by atoms with E-state index in [0.29, 0.717) is 11.5 Å². The topological polar surface area (TPSA) is 67.5 Å². The molecule has 0 fully saturated rings. The first-order valence-electron chi connectivity index (χ1n) is 5.84. The first-order chi connectivity index (χ1) is 9.31. The molecule has 0 aliphatic rings. The second-order valence-corrected chi connectivity index (χ2v) is 4.13. The number of anilines is 1. The van der Waals surface area contributed by atoms with Crippen molar-refractivity contribution in [2.24, 2.45) is 5.10 Å². The van der Waals surface area contributed by atoms with Gasteiger partial charge in [0.05, 0.1) is 6.21 Å². The highest BCUT2D eigenvalue weighted by Gasteiger charge is 1.97. The van der Waals surface area contributed by atoms with Crippen LogP contribution in [0.4, 0.5) is 5.82 Å². The van der Waals surface area contributed by atoms with Crippen LogP contribution in [0.25, 0.3) is 5.65 Å². The predicted octanol–water partition coefficient (Wildman–Crippen LogP) is 1.88. The maximum atomic E-state index is 4.25. The van der Waals surface area contributed by atoms with Crippen molar-refractivity contribution in [3.8, 4) is 0 Å². The van der Waals surface area contributed by atoms with Crippen molar-refractivity contribution in [1.82, 2.24) is 19.8 Å². The lowest BCUT2D eigenvalue weighted by atomic mass is 10.2. The van der Waals surface area contributed by atoms with E-state index < -0.39 is 0 Å². The van der Waals surface area contributed by atoms with Crippen molar-refractivity contribution in [2.45, 2.75) is 6.92 Å². The van der Waals surface area contributed by atoms with Gasteiger partial charge in [-0.25, -0.2) is 0 Å². The summed E-state index contributed by atoms with van der Waals surface area (Å²) in [6.45, 7) is 2.05. The average molecular weight is 252 g/mol. The molecule has 94 valence electrons. The fourth-order valence-electron chi connectivity index (χ4n) is 1.61. The lowest BCUT2D eigenvalue weighted by molar-refractivity contribution is 0.925. The molecule has 0 unspecified atom stereocenters. The number of aromatic nitrogens is 4. The molecule has 6 heteroatoms. The minimum Gasteiger partial charge on any atom is -0.260 e. The Labute approximate surface area is 109 Å². The number of nitrogens with one attached hydrogen (secondary N) is 1. The van der Waals surface area contributed by atoms with Crippen molar-refractivity contribution in [1.29, 1.82) is 0 Å². The van der Waals surface area contributed by atoms with Crippen molar-refractivity contribution >= 4 is 17.7 Å². The van der Waals surface area contributed by atoms with Crippen LogP contribution in [-0.2, 0) is 0 Å². The van der Waals surface area contributed by atoms with Crippen LogP contribution in [0.3, 0.4) is 0 Å². The molecule has 1 N–H and O–H groups in total. The third-order valence-electron chi connectivity index (χ3n) is 2.63.